The van der Waals surface area contributed by atoms with Crippen LogP contribution in [-0.4, -0.2) is 4.92 Å². The van der Waals surface area contributed by atoms with E-state index < -0.39 is 4.92 Å². The van der Waals surface area contributed by atoms with E-state index >= 15 is 0 Å². The van der Waals surface area contributed by atoms with Gasteiger partial charge in [0.1, 0.15) is 24.3 Å². The summed E-state index contributed by atoms with van der Waals surface area (Å²) in [7, 11) is 0. The first-order valence-corrected chi connectivity index (χ1v) is 7.57. The molecule has 0 aromatic heterocycles. The van der Waals surface area contributed by atoms with Crippen molar-refractivity contribution in [1.82, 2.24) is 0 Å². The van der Waals surface area contributed by atoms with Gasteiger partial charge in [0, 0.05) is 6.07 Å². The van der Waals surface area contributed by atoms with Crippen molar-refractivity contribution in [2.45, 2.75) is 6.61 Å². The molecule has 0 unspecified atom stereocenters. The molecule has 0 heterocycles. The highest BCUT2D eigenvalue weighted by Crippen LogP contribution is 2.30. The van der Waals surface area contributed by atoms with Gasteiger partial charge in [-0.3, -0.25) is 10.1 Å². The summed E-state index contributed by atoms with van der Waals surface area (Å²) < 4.78 is 5.50. The first-order chi connectivity index (χ1) is 11.9. The first kappa shape index (κ1) is 18.3. The second kappa shape index (κ2) is 8.16. The largest absolute Gasteiger partial charge is 0.482 e. The second-order valence-corrected chi connectivity index (χ2v) is 5.62. The van der Waals surface area contributed by atoms with E-state index in [1.807, 2.05) is 0 Å². The van der Waals surface area contributed by atoms with Gasteiger partial charge < -0.3 is 4.74 Å². The van der Waals surface area contributed by atoms with Crippen molar-refractivity contribution >= 4 is 35.0 Å². The van der Waals surface area contributed by atoms with Crippen LogP contribution in [0.3, 0.4) is 0 Å². The molecule has 2 aromatic carbocycles. The van der Waals surface area contributed by atoms with Crippen molar-refractivity contribution in [3.05, 3.63) is 73.3 Å². The molecule has 6 nitrogen and oxygen atoms in total. The lowest BCUT2D eigenvalue weighted by atomic mass is 10.1. The zero-order valence-electron chi connectivity index (χ0n) is 12.6. The highest BCUT2D eigenvalue weighted by Gasteiger charge is 2.16. The molecule has 0 amide bonds. The Kier molecular flexibility index (Phi) is 5.97. The van der Waals surface area contributed by atoms with Gasteiger partial charge in [0.05, 0.1) is 15.0 Å². The third kappa shape index (κ3) is 4.71. The fourth-order valence-corrected chi connectivity index (χ4v) is 2.26. The number of halogens is 2. The van der Waals surface area contributed by atoms with Crippen LogP contribution in [0, 0.1) is 32.8 Å². The lowest BCUT2D eigenvalue weighted by Gasteiger charge is -2.08. The predicted molar refractivity (Wildman–Crippen MR) is 93.1 cm³/mol. The van der Waals surface area contributed by atoms with Crippen LogP contribution >= 0.6 is 23.2 Å². The molecule has 124 valence electrons. The molecule has 0 aliphatic rings. The van der Waals surface area contributed by atoms with Crippen LogP contribution < -0.4 is 4.74 Å². The maximum atomic E-state index is 11.2. The van der Waals surface area contributed by atoms with Crippen LogP contribution in [-0.2, 0) is 6.61 Å². The number of ether oxygens (including phenoxy) is 1. The van der Waals surface area contributed by atoms with Crippen molar-refractivity contribution in [2.75, 3.05) is 0 Å². The number of rotatable bonds is 5. The summed E-state index contributed by atoms with van der Waals surface area (Å²) in [5.41, 5.74) is 0.624. The summed E-state index contributed by atoms with van der Waals surface area (Å²) in [6.45, 7) is 0.0640. The average Bonchev–Trinajstić information content (AvgIpc) is 2.61. The number of allylic oxidation sites excluding steroid dienone is 1. The van der Waals surface area contributed by atoms with E-state index in [1.165, 1.54) is 24.3 Å². The van der Waals surface area contributed by atoms with Gasteiger partial charge >= 0.3 is 5.69 Å². The Hall–Kier alpha value is -3.06. The van der Waals surface area contributed by atoms with Crippen molar-refractivity contribution < 1.29 is 9.66 Å². The summed E-state index contributed by atoms with van der Waals surface area (Å²) in [6.07, 6.45) is 1.26. The van der Waals surface area contributed by atoms with Gasteiger partial charge in [0.2, 0.25) is 0 Å². The normalized spacial score (nSPS) is 9.60. The van der Waals surface area contributed by atoms with Crippen molar-refractivity contribution in [2.24, 2.45) is 0 Å². The quantitative estimate of drug-likeness (QED) is 0.420. The maximum absolute atomic E-state index is 11.2. The molecule has 8 heteroatoms. The van der Waals surface area contributed by atoms with Crippen molar-refractivity contribution in [3.63, 3.8) is 0 Å². The molecule has 0 atom stereocenters. The Morgan fingerprint density at radius 1 is 1.16 bits per heavy atom. The molecule has 0 spiro atoms. The van der Waals surface area contributed by atoms with E-state index in [0.717, 1.165) is 0 Å². The van der Waals surface area contributed by atoms with Crippen LogP contribution in [0.5, 0.6) is 5.75 Å². The Morgan fingerprint density at radius 2 is 1.88 bits per heavy atom. The highest BCUT2D eigenvalue weighted by molar-refractivity contribution is 6.42. The number of hydrogen-bond donors (Lipinski definition) is 0. The SMILES string of the molecule is N#CC(C#N)=Cc1ccc(OCc2ccc(Cl)c(Cl)c2)c([N+](=O)[O-])c1. The minimum absolute atomic E-state index is 0.0590. The Morgan fingerprint density at radius 3 is 2.48 bits per heavy atom. The van der Waals surface area contributed by atoms with Gasteiger partial charge in [-0.25, -0.2) is 0 Å². The number of nitro groups is 1. The predicted octanol–water partition coefficient (Wildman–Crippen LogP) is 4.91. The summed E-state index contributed by atoms with van der Waals surface area (Å²) in [6, 6.07) is 12.5. The molecule has 0 fully saturated rings. The molecule has 0 bridgehead atoms. The van der Waals surface area contributed by atoms with Crippen LogP contribution in [0.15, 0.2) is 42.0 Å². The van der Waals surface area contributed by atoms with Gasteiger partial charge in [-0.1, -0.05) is 35.3 Å². The zero-order chi connectivity index (χ0) is 18.4. The molecule has 0 aliphatic carbocycles. The van der Waals surface area contributed by atoms with E-state index in [2.05, 4.69) is 0 Å². The van der Waals surface area contributed by atoms with E-state index in [-0.39, 0.29) is 23.6 Å². The topological polar surface area (TPSA) is 100.0 Å². The second-order valence-electron chi connectivity index (χ2n) is 4.80. The van der Waals surface area contributed by atoms with Gasteiger partial charge in [0.25, 0.3) is 0 Å². The van der Waals surface area contributed by atoms with Crippen LogP contribution in [0.4, 0.5) is 5.69 Å². The molecular weight excluding hydrogens is 365 g/mol. The molecule has 0 saturated heterocycles. The van der Waals surface area contributed by atoms with Gasteiger partial charge in [-0.15, -0.1) is 0 Å². The minimum atomic E-state index is -0.597. The monoisotopic (exact) mass is 373 g/mol. The smallest absolute Gasteiger partial charge is 0.311 e. The summed E-state index contributed by atoms with van der Waals surface area (Å²) >= 11 is 11.8. The molecule has 25 heavy (non-hydrogen) atoms. The first-order valence-electron chi connectivity index (χ1n) is 6.81. The molecule has 0 radical (unpaired) electrons. The van der Waals surface area contributed by atoms with E-state index in [9.17, 15) is 10.1 Å². The third-order valence-electron chi connectivity index (χ3n) is 3.11. The van der Waals surface area contributed by atoms with Crippen LogP contribution in [0.1, 0.15) is 11.1 Å². The maximum Gasteiger partial charge on any atom is 0.311 e. The zero-order valence-corrected chi connectivity index (χ0v) is 14.1. The standard InChI is InChI=1S/C17H9Cl2N3O3/c18-14-3-1-12(6-15(14)19)10-25-17-4-2-11(5-13(8-20)9-21)7-16(17)22(23)24/h1-7H,10H2. The summed E-state index contributed by atoms with van der Waals surface area (Å²) in [5.74, 6) is 0.0590. The fourth-order valence-electron chi connectivity index (χ4n) is 1.94. The Bertz CT molecular complexity index is 927. The molecular formula is C17H9Cl2N3O3. The molecule has 2 aromatic rings. The van der Waals surface area contributed by atoms with Gasteiger partial charge in [-0.05, 0) is 35.4 Å². The van der Waals surface area contributed by atoms with Gasteiger partial charge in [-0.2, -0.15) is 10.5 Å². The van der Waals surface area contributed by atoms with Gasteiger partial charge in [0.15, 0.2) is 5.75 Å². The number of hydrogen-bond acceptors (Lipinski definition) is 5. The Balaban J connectivity index is 2.27. The van der Waals surface area contributed by atoms with Crippen molar-refractivity contribution in [3.8, 4) is 17.9 Å². The molecule has 2 rings (SSSR count). The lowest BCUT2D eigenvalue weighted by molar-refractivity contribution is -0.386. The van der Waals surface area contributed by atoms with E-state index in [4.69, 9.17) is 38.5 Å². The molecule has 0 aliphatic heterocycles. The number of nitrogens with zero attached hydrogens (tertiary/aromatic N) is 3. The molecule has 0 N–H and O–H groups in total. The average molecular weight is 374 g/mol. The van der Waals surface area contributed by atoms with E-state index in [1.54, 1.807) is 30.3 Å². The number of nitro benzene ring substituents is 1. The van der Waals surface area contributed by atoms with Crippen LogP contribution in [0.25, 0.3) is 6.08 Å². The minimum Gasteiger partial charge on any atom is -0.482 e. The number of nitriles is 2. The van der Waals surface area contributed by atoms with Crippen molar-refractivity contribution in [1.29, 1.82) is 10.5 Å². The van der Waals surface area contributed by atoms with E-state index in [0.29, 0.717) is 21.2 Å². The van der Waals surface area contributed by atoms with Crippen LogP contribution in [0.2, 0.25) is 10.0 Å². The molecule has 0 saturated carbocycles. The highest BCUT2D eigenvalue weighted by atomic mass is 35.5. The third-order valence-corrected chi connectivity index (χ3v) is 3.85. The lowest BCUT2D eigenvalue weighted by Crippen LogP contribution is -1.99. The summed E-state index contributed by atoms with van der Waals surface area (Å²) in [4.78, 5) is 10.6. The Labute approximate surface area is 153 Å². The number of benzene rings is 2. The fraction of sp³-hybridized carbons (Fsp3) is 0.0588. The summed E-state index contributed by atoms with van der Waals surface area (Å²) in [5, 5.41) is 29.5.